The molecule has 1 aliphatic rings. The number of hydrogen-bond donors (Lipinski definition) is 1. The van der Waals surface area contributed by atoms with Crippen molar-refractivity contribution in [1.29, 1.82) is 0 Å². The molecule has 0 spiro atoms. The molecule has 0 atom stereocenters. The minimum Gasteiger partial charge on any atom is -0.385 e. The molecule has 4 aromatic carbocycles. The smallest absolute Gasteiger partial charge is 0.0886 e. The van der Waals surface area contributed by atoms with Gasteiger partial charge in [0.25, 0.3) is 0 Å². The molecule has 6 heterocycles. The van der Waals surface area contributed by atoms with Crippen LogP contribution in [-0.2, 0) is 6.54 Å². The maximum Gasteiger partial charge on any atom is 0.0886 e. The highest BCUT2D eigenvalue weighted by Crippen LogP contribution is 2.34. The molecule has 9 aromatic rings. The quantitative estimate of drug-likeness (QED) is 0.203. The van der Waals surface area contributed by atoms with Crippen molar-refractivity contribution in [1.82, 2.24) is 29.4 Å². The first kappa shape index (κ1) is 28.2. The fraction of sp³-hybridized carbons (Fsp3) is 0.0227. The van der Waals surface area contributed by atoms with Gasteiger partial charge in [-0.05, 0) is 78.0 Å². The van der Waals surface area contributed by atoms with Crippen LogP contribution < -0.4 is 5.32 Å². The molecule has 1 aliphatic heterocycles. The summed E-state index contributed by atoms with van der Waals surface area (Å²) >= 11 is 0. The second kappa shape index (κ2) is 11.4. The number of benzene rings is 4. The van der Waals surface area contributed by atoms with Crippen molar-refractivity contribution < 1.29 is 0 Å². The lowest BCUT2D eigenvalue weighted by Crippen LogP contribution is -2.13. The highest BCUT2D eigenvalue weighted by Gasteiger charge is 2.18. The van der Waals surface area contributed by atoms with Crippen molar-refractivity contribution in [3.8, 4) is 45.0 Å². The predicted molar refractivity (Wildman–Crippen MR) is 203 cm³/mol. The van der Waals surface area contributed by atoms with Gasteiger partial charge in [-0.1, -0.05) is 72.8 Å². The summed E-state index contributed by atoms with van der Waals surface area (Å²) < 4.78 is 4.64. The Kier molecular flexibility index (Phi) is 6.45. The molecule has 0 aliphatic carbocycles. The van der Waals surface area contributed by atoms with Crippen molar-refractivity contribution in [3.05, 3.63) is 170 Å². The molecule has 0 unspecified atom stereocenters. The lowest BCUT2D eigenvalue weighted by Gasteiger charge is -2.15. The van der Waals surface area contributed by atoms with E-state index in [-0.39, 0.29) is 0 Å². The van der Waals surface area contributed by atoms with Gasteiger partial charge in [0.05, 0.1) is 46.4 Å². The molecule has 5 aromatic heterocycles. The van der Waals surface area contributed by atoms with E-state index in [0.717, 1.165) is 57.1 Å². The molecule has 0 radical (unpaired) electrons. The SMILES string of the molecule is C1=Cc2c(n(-c3ccc(-c4ccc(-c5ccc(-c6ccc(-n7c8ccccc8c8ccncc87)cc6)cn5)nc4)cc3)c3ccccc23)CN1. The molecule has 50 heavy (non-hydrogen) atoms. The highest BCUT2D eigenvalue weighted by atomic mass is 15.0. The van der Waals surface area contributed by atoms with Crippen molar-refractivity contribution in [2.75, 3.05) is 0 Å². The van der Waals surface area contributed by atoms with Gasteiger partial charge in [0.1, 0.15) is 0 Å². The summed E-state index contributed by atoms with van der Waals surface area (Å²) in [5, 5.41) is 7.08. The monoisotopic (exact) mass is 642 g/mol. The molecule has 10 rings (SSSR count). The fourth-order valence-corrected chi connectivity index (χ4v) is 7.41. The molecule has 0 bridgehead atoms. The van der Waals surface area contributed by atoms with E-state index in [9.17, 15) is 0 Å². The number of hydrogen-bond acceptors (Lipinski definition) is 4. The van der Waals surface area contributed by atoms with E-state index in [0.29, 0.717) is 0 Å². The molecule has 0 fully saturated rings. The summed E-state index contributed by atoms with van der Waals surface area (Å²) in [6, 6.07) is 44.9. The van der Waals surface area contributed by atoms with Gasteiger partial charge >= 0.3 is 0 Å². The maximum absolute atomic E-state index is 4.80. The van der Waals surface area contributed by atoms with Gasteiger partial charge in [-0.15, -0.1) is 0 Å². The summed E-state index contributed by atoms with van der Waals surface area (Å²) in [4.78, 5) is 14.0. The Hall–Kier alpha value is -6.79. The average Bonchev–Trinajstić information content (AvgIpc) is 3.71. The third-order valence-corrected chi connectivity index (χ3v) is 9.84. The summed E-state index contributed by atoms with van der Waals surface area (Å²) in [6.07, 6.45) is 11.9. The number of para-hydroxylation sites is 2. The van der Waals surface area contributed by atoms with Crippen LogP contribution in [0.5, 0.6) is 0 Å². The summed E-state index contributed by atoms with van der Waals surface area (Å²) in [5.41, 5.74) is 14.4. The first-order valence-corrected chi connectivity index (χ1v) is 16.8. The number of nitrogens with zero attached hydrogens (tertiary/aromatic N) is 5. The van der Waals surface area contributed by atoms with Gasteiger partial charge < -0.3 is 14.5 Å². The normalized spacial score (nSPS) is 12.4. The van der Waals surface area contributed by atoms with Crippen LogP contribution in [0.2, 0.25) is 0 Å². The Morgan fingerprint density at radius 1 is 0.480 bits per heavy atom. The third kappa shape index (κ3) is 4.54. The van der Waals surface area contributed by atoms with Crippen molar-refractivity contribution in [3.63, 3.8) is 0 Å². The summed E-state index contributed by atoms with van der Waals surface area (Å²) in [5.74, 6) is 0. The maximum atomic E-state index is 4.80. The average molecular weight is 643 g/mol. The van der Waals surface area contributed by atoms with Gasteiger partial charge in [0, 0.05) is 62.8 Å². The summed E-state index contributed by atoms with van der Waals surface area (Å²) in [7, 11) is 0. The van der Waals surface area contributed by atoms with E-state index in [4.69, 9.17) is 9.97 Å². The zero-order valence-corrected chi connectivity index (χ0v) is 27.0. The third-order valence-electron chi connectivity index (χ3n) is 9.84. The number of aromatic nitrogens is 5. The number of fused-ring (bicyclic) bond motifs is 6. The molecule has 0 saturated heterocycles. The second-order valence-corrected chi connectivity index (χ2v) is 12.6. The van der Waals surface area contributed by atoms with Gasteiger partial charge in [-0.2, -0.15) is 0 Å². The van der Waals surface area contributed by atoms with Crippen LogP contribution in [0.4, 0.5) is 0 Å². The summed E-state index contributed by atoms with van der Waals surface area (Å²) in [6.45, 7) is 0.802. The molecule has 1 N–H and O–H groups in total. The first-order valence-electron chi connectivity index (χ1n) is 16.8. The molecule has 0 amide bonds. The minimum absolute atomic E-state index is 0.802. The zero-order valence-electron chi connectivity index (χ0n) is 27.0. The Bertz CT molecular complexity index is 2660. The molecule has 6 heteroatoms. The Balaban J connectivity index is 0.887. The standard InChI is InChI=1S/C44H30N6/c1-3-7-41-35(5-1)37-21-23-45-27-43(37)49(41)33-15-9-29(10-16-33)31-13-19-39(47-25-31)40-20-14-32(26-48-40)30-11-17-34(18-12-30)50-42-8-4-2-6-36(42)38-22-24-46-28-44(38)50/h1-27,46H,28H2. The van der Waals surface area contributed by atoms with Gasteiger partial charge in [0.15, 0.2) is 0 Å². The Morgan fingerprint density at radius 3 is 1.68 bits per heavy atom. The van der Waals surface area contributed by atoms with Crippen molar-refractivity contribution >= 4 is 38.8 Å². The Morgan fingerprint density at radius 2 is 1.04 bits per heavy atom. The van der Waals surface area contributed by atoms with Gasteiger partial charge in [-0.3, -0.25) is 15.0 Å². The molecular weight excluding hydrogens is 613 g/mol. The van der Waals surface area contributed by atoms with Crippen LogP contribution in [0, 0.1) is 0 Å². The predicted octanol–water partition coefficient (Wildman–Crippen LogP) is 9.99. The molecule has 6 nitrogen and oxygen atoms in total. The first-order chi connectivity index (χ1) is 24.8. The topological polar surface area (TPSA) is 60.6 Å². The Labute approximate surface area is 288 Å². The van der Waals surface area contributed by atoms with Crippen LogP contribution in [0.25, 0.3) is 83.8 Å². The molecular formula is C44H30N6. The van der Waals surface area contributed by atoms with Crippen molar-refractivity contribution in [2.24, 2.45) is 0 Å². The number of nitrogens with one attached hydrogen (secondary N) is 1. The van der Waals surface area contributed by atoms with Crippen LogP contribution in [0.1, 0.15) is 11.3 Å². The van der Waals surface area contributed by atoms with E-state index in [2.05, 4.69) is 147 Å². The van der Waals surface area contributed by atoms with Crippen LogP contribution in [0.15, 0.2) is 158 Å². The lowest BCUT2D eigenvalue weighted by atomic mass is 10.1. The van der Waals surface area contributed by atoms with E-state index in [1.807, 2.05) is 37.1 Å². The lowest BCUT2D eigenvalue weighted by molar-refractivity contribution is 0.803. The van der Waals surface area contributed by atoms with Crippen LogP contribution >= 0.6 is 0 Å². The van der Waals surface area contributed by atoms with Crippen LogP contribution in [-0.4, -0.2) is 24.1 Å². The second-order valence-electron chi connectivity index (χ2n) is 12.6. The van der Waals surface area contributed by atoms with E-state index in [1.54, 1.807) is 0 Å². The van der Waals surface area contributed by atoms with Gasteiger partial charge in [0.2, 0.25) is 0 Å². The van der Waals surface area contributed by atoms with E-state index >= 15 is 0 Å². The largest absolute Gasteiger partial charge is 0.385 e. The van der Waals surface area contributed by atoms with Gasteiger partial charge in [-0.25, -0.2) is 0 Å². The minimum atomic E-state index is 0.802. The fourth-order valence-electron chi connectivity index (χ4n) is 7.41. The van der Waals surface area contributed by atoms with E-state index < -0.39 is 0 Å². The van der Waals surface area contributed by atoms with Crippen molar-refractivity contribution in [2.45, 2.75) is 6.54 Å². The zero-order chi connectivity index (χ0) is 33.0. The highest BCUT2D eigenvalue weighted by molar-refractivity contribution is 6.08. The number of rotatable bonds is 5. The van der Waals surface area contributed by atoms with Crippen LogP contribution in [0.3, 0.4) is 0 Å². The molecule has 0 saturated carbocycles. The van der Waals surface area contributed by atoms with E-state index in [1.165, 1.54) is 38.4 Å². The molecule has 236 valence electrons. The number of pyridine rings is 3.